The van der Waals surface area contributed by atoms with E-state index in [0.29, 0.717) is 0 Å². The van der Waals surface area contributed by atoms with E-state index in [9.17, 15) is 5.11 Å². The molecule has 0 saturated heterocycles. The Morgan fingerprint density at radius 3 is 2.25 bits per heavy atom. The third kappa shape index (κ3) is 6.66. The van der Waals surface area contributed by atoms with Gasteiger partial charge in [-0.1, -0.05) is 46.5 Å². The first kappa shape index (κ1) is 12.0. The molecule has 0 rings (SSSR count). The maximum absolute atomic E-state index is 9.43. The summed E-state index contributed by atoms with van der Waals surface area (Å²) in [7, 11) is 0. The lowest BCUT2D eigenvalue weighted by Crippen LogP contribution is -2.06. The van der Waals surface area contributed by atoms with Crippen LogP contribution in [0.2, 0.25) is 0 Å². The molecule has 0 aliphatic heterocycles. The van der Waals surface area contributed by atoms with Crippen LogP contribution in [0.5, 0.6) is 0 Å². The summed E-state index contributed by atoms with van der Waals surface area (Å²) in [6, 6.07) is 0. The van der Waals surface area contributed by atoms with Crippen LogP contribution in [0.4, 0.5) is 0 Å². The highest BCUT2D eigenvalue weighted by Crippen LogP contribution is 2.13. The van der Waals surface area contributed by atoms with Crippen LogP contribution in [0.25, 0.3) is 0 Å². The van der Waals surface area contributed by atoms with Crippen LogP contribution in [0.1, 0.15) is 59.3 Å². The van der Waals surface area contributed by atoms with Crippen molar-refractivity contribution in [3.8, 4) is 0 Å². The molecule has 1 heteroatoms. The smallest absolute Gasteiger partial charge is 0.0540 e. The monoisotopic (exact) mass is 172 g/mol. The summed E-state index contributed by atoms with van der Waals surface area (Å²) in [5.41, 5.74) is 0. The van der Waals surface area contributed by atoms with Crippen LogP contribution in [0.15, 0.2) is 0 Å². The van der Waals surface area contributed by atoms with Crippen molar-refractivity contribution in [1.29, 1.82) is 0 Å². The van der Waals surface area contributed by atoms with Gasteiger partial charge in [-0.05, 0) is 18.8 Å². The fraction of sp³-hybridized carbons (Fsp3) is 1.00. The summed E-state index contributed by atoms with van der Waals surface area (Å²) >= 11 is 0. The lowest BCUT2D eigenvalue weighted by molar-refractivity contribution is 0.148. The van der Waals surface area contributed by atoms with Crippen molar-refractivity contribution in [2.75, 3.05) is 0 Å². The van der Waals surface area contributed by atoms with E-state index in [1.165, 1.54) is 19.3 Å². The first-order valence-corrected chi connectivity index (χ1v) is 5.38. The Morgan fingerprint density at radius 1 is 1.08 bits per heavy atom. The van der Waals surface area contributed by atoms with Crippen LogP contribution in [0, 0.1) is 5.92 Å². The van der Waals surface area contributed by atoms with Crippen molar-refractivity contribution in [3.05, 3.63) is 0 Å². The number of hydrogen-bond donors (Lipinski definition) is 1. The maximum Gasteiger partial charge on any atom is 0.0540 e. The summed E-state index contributed by atoms with van der Waals surface area (Å²) in [6.07, 6.45) is 6.76. The van der Waals surface area contributed by atoms with Crippen molar-refractivity contribution >= 4 is 0 Å². The van der Waals surface area contributed by atoms with Gasteiger partial charge in [-0.15, -0.1) is 0 Å². The van der Waals surface area contributed by atoms with E-state index in [1.807, 2.05) is 0 Å². The largest absolute Gasteiger partial charge is 0.393 e. The molecule has 1 N–H and O–H groups in total. The Labute approximate surface area is 77.2 Å². The Hall–Kier alpha value is -0.0400. The molecule has 1 nitrogen and oxygen atoms in total. The highest BCUT2D eigenvalue weighted by molar-refractivity contribution is 4.57. The average Bonchev–Trinajstić information content (AvgIpc) is 2.04. The molecule has 2 unspecified atom stereocenters. The summed E-state index contributed by atoms with van der Waals surface area (Å²) < 4.78 is 0. The van der Waals surface area contributed by atoms with Crippen molar-refractivity contribution < 1.29 is 5.11 Å². The molecule has 0 spiro atoms. The van der Waals surface area contributed by atoms with E-state index in [4.69, 9.17) is 0 Å². The van der Waals surface area contributed by atoms with Crippen LogP contribution in [-0.2, 0) is 0 Å². The molecule has 0 aromatic rings. The topological polar surface area (TPSA) is 20.2 Å². The van der Waals surface area contributed by atoms with E-state index >= 15 is 0 Å². The lowest BCUT2D eigenvalue weighted by atomic mass is 9.99. The third-order valence-corrected chi connectivity index (χ3v) is 2.55. The van der Waals surface area contributed by atoms with Gasteiger partial charge in [0.05, 0.1) is 6.10 Å². The number of aliphatic hydroxyl groups is 1. The SMILES string of the molecule is CCCC(O)CCCC(C)CC. The van der Waals surface area contributed by atoms with Gasteiger partial charge in [0.25, 0.3) is 0 Å². The van der Waals surface area contributed by atoms with E-state index < -0.39 is 0 Å². The predicted molar refractivity (Wildman–Crippen MR) is 54.2 cm³/mol. The molecule has 0 aliphatic rings. The molecule has 74 valence electrons. The van der Waals surface area contributed by atoms with E-state index in [1.54, 1.807) is 0 Å². The molecule has 0 bridgehead atoms. The van der Waals surface area contributed by atoms with Crippen molar-refractivity contribution in [2.45, 2.75) is 65.4 Å². The van der Waals surface area contributed by atoms with Gasteiger partial charge in [0.15, 0.2) is 0 Å². The van der Waals surface area contributed by atoms with Crippen LogP contribution < -0.4 is 0 Å². The molecule has 0 amide bonds. The Kier molecular flexibility index (Phi) is 7.58. The van der Waals surface area contributed by atoms with Crippen molar-refractivity contribution in [3.63, 3.8) is 0 Å². The molecule has 12 heavy (non-hydrogen) atoms. The van der Waals surface area contributed by atoms with Crippen molar-refractivity contribution in [1.82, 2.24) is 0 Å². The first-order valence-electron chi connectivity index (χ1n) is 5.38. The van der Waals surface area contributed by atoms with Gasteiger partial charge in [0.1, 0.15) is 0 Å². The zero-order chi connectivity index (χ0) is 9.40. The minimum atomic E-state index is -0.0425. The second-order valence-electron chi connectivity index (χ2n) is 3.89. The maximum atomic E-state index is 9.43. The van der Waals surface area contributed by atoms with Gasteiger partial charge in [-0.3, -0.25) is 0 Å². The quantitative estimate of drug-likeness (QED) is 0.624. The molecular weight excluding hydrogens is 148 g/mol. The molecule has 0 fully saturated rings. The van der Waals surface area contributed by atoms with Gasteiger partial charge >= 0.3 is 0 Å². The highest BCUT2D eigenvalue weighted by atomic mass is 16.3. The highest BCUT2D eigenvalue weighted by Gasteiger charge is 2.03. The van der Waals surface area contributed by atoms with Gasteiger partial charge in [0, 0.05) is 0 Å². The molecule has 0 aliphatic carbocycles. The standard InChI is InChI=1S/C11H24O/c1-4-7-11(12)9-6-8-10(3)5-2/h10-12H,4-9H2,1-3H3. The number of hydrogen-bond acceptors (Lipinski definition) is 1. The van der Waals surface area contributed by atoms with E-state index in [-0.39, 0.29) is 6.10 Å². The van der Waals surface area contributed by atoms with Gasteiger partial charge in [-0.25, -0.2) is 0 Å². The lowest BCUT2D eigenvalue weighted by Gasteiger charge is -2.11. The molecule has 0 aromatic carbocycles. The van der Waals surface area contributed by atoms with Crippen LogP contribution in [0.3, 0.4) is 0 Å². The zero-order valence-corrected chi connectivity index (χ0v) is 8.84. The molecule has 0 saturated carbocycles. The Bertz CT molecular complexity index is 91.0. The minimum absolute atomic E-state index is 0.0425. The van der Waals surface area contributed by atoms with E-state index in [0.717, 1.165) is 25.2 Å². The Morgan fingerprint density at radius 2 is 1.75 bits per heavy atom. The number of aliphatic hydroxyl groups excluding tert-OH is 1. The summed E-state index contributed by atoms with van der Waals surface area (Å²) in [5.74, 6) is 0.832. The average molecular weight is 172 g/mol. The molecular formula is C11H24O. The summed E-state index contributed by atoms with van der Waals surface area (Å²) in [4.78, 5) is 0. The molecule has 0 radical (unpaired) electrons. The number of rotatable bonds is 7. The minimum Gasteiger partial charge on any atom is -0.393 e. The first-order chi connectivity index (χ1) is 5.70. The van der Waals surface area contributed by atoms with Gasteiger partial charge in [-0.2, -0.15) is 0 Å². The summed E-state index contributed by atoms with van der Waals surface area (Å²) in [6.45, 7) is 6.64. The van der Waals surface area contributed by atoms with Gasteiger partial charge in [0.2, 0.25) is 0 Å². The second-order valence-corrected chi connectivity index (χ2v) is 3.89. The third-order valence-electron chi connectivity index (χ3n) is 2.55. The van der Waals surface area contributed by atoms with Crippen LogP contribution in [-0.4, -0.2) is 11.2 Å². The summed E-state index contributed by atoms with van der Waals surface area (Å²) in [5, 5.41) is 9.43. The predicted octanol–water partition coefficient (Wildman–Crippen LogP) is 3.36. The van der Waals surface area contributed by atoms with Crippen molar-refractivity contribution in [2.24, 2.45) is 5.92 Å². The Balaban J connectivity index is 3.18. The fourth-order valence-electron chi connectivity index (χ4n) is 1.38. The zero-order valence-electron chi connectivity index (χ0n) is 8.84. The van der Waals surface area contributed by atoms with Crippen LogP contribution >= 0.6 is 0 Å². The second kappa shape index (κ2) is 7.60. The van der Waals surface area contributed by atoms with E-state index in [2.05, 4.69) is 20.8 Å². The van der Waals surface area contributed by atoms with Gasteiger partial charge < -0.3 is 5.11 Å². The molecule has 0 aromatic heterocycles. The fourth-order valence-corrected chi connectivity index (χ4v) is 1.38. The molecule has 0 heterocycles. The normalized spacial score (nSPS) is 16.0. The molecule has 2 atom stereocenters.